The quantitative estimate of drug-likeness (QED) is 0.415. The number of unbranched alkanes of at least 4 members (excludes halogenated alkanes) is 5. The van der Waals surface area contributed by atoms with Crippen molar-refractivity contribution in [3.05, 3.63) is 11.6 Å². The second-order valence-electron chi connectivity index (χ2n) is 5.69. The third kappa shape index (κ3) is 6.58. The smallest absolute Gasteiger partial charge is 0.0279 e. The summed E-state index contributed by atoms with van der Waals surface area (Å²) in [5.41, 5.74) is 1.71. The largest absolute Gasteiger partial charge is 0.311 e. The average Bonchev–Trinajstić information content (AvgIpc) is 2.42. The number of likely N-dealkylation sites (N-methyl/N-ethyl adjacent to an activating group) is 1. The van der Waals surface area contributed by atoms with Gasteiger partial charge in [0.15, 0.2) is 0 Å². The van der Waals surface area contributed by atoms with Gasteiger partial charge < -0.3 is 5.32 Å². The van der Waals surface area contributed by atoms with Crippen LogP contribution >= 0.6 is 0 Å². The van der Waals surface area contributed by atoms with Gasteiger partial charge in [-0.25, -0.2) is 0 Å². The molecule has 18 heavy (non-hydrogen) atoms. The number of allylic oxidation sites excluding steroid dienone is 1. The molecule has 0 aromatic heterocycles. The topological polar surface area (TPSA) is 12.0 Å². The molecule has 0 bridgehead atoms. The summed E-state index contributed by atoms with van der Waals surface area (Å²) in [6.45, 7) is 5.63. The molecule has 0 amide bonds. The van der Waals surface area contributed by atoms with Crippen molar-refractivity contribution in [2.45, 2.75) is 90.5 Å². The van der Waals surface area contributed by atoms with E-state index in [9.17, 15) is 0 Å². The third-order valence-electron chi connectivity index (χ3n) is 4.07. The van der Waals surface area contributed by atoms with Crippen molar-refractivity contribution in [3.63, 3.8) is 0 Å². The Balaban J connectivity index is 2.19. The van der Waals surface area contributed by atoms with Crippen molar-refractivity contribution in [1.82, 2.24) is 5.32 Å². The van der Waals surface area contributed by atoms with Crippen molar-refractivity contribution in [3.8, 4) is 0 Å². The SMILES string of the molecule is CCCCCCCCC(NCC)C1=CCCCC1. The summed E-state index contributed by atoms with van der Waals surface area (Å²) < 4.78 is 0. The molecule has 1 rings (SSSR count). The van der Waals surface area contributed by atoms with Gasteiger partial charge in [0.2, 0.25) is 0 Å². The van der Waals surface area contributed by atoms with Crippen LogP contribution < -0.4 is 5.32 Å². The summed E-state index contributed by atoms with van der Waals surface area (Å²) in [4.78, 5) is 0. The standard InChI is InChI=1S/C17H33N/c1-3-5-6-7-8-12-15-17(18-4-2)16-13-10-9-11-14-16/h13,17-18H,3-12,14-15H2,1-2H3. The maximum Gasteiger partial charge on any atom is 0.0279 e. The molecule has 0 aromatic rings. The van der Waals surface area contributed by atoms with Crippen LogP contribution in [-0.4, -0.2) is 12.6 Å². The number of rotatable bonds is 10. The molecule has 0 spiro atoms. The van der Waals surface area contributed by atoms with Crippen LogP contribution in [0.3, 0.4) is 0 Å². The first-order chi connectivity index (χ1) is 8.88. The molecule has 1 aliphatic carbocycles. The van der Waals surface area contributed by atoms with Crippen LogP contribution in [0.15, 0.2) is 11.6 Å². The lowest BCUT2D eigenvalue weighted by atomic mass is 9.91. The lowest BCUT2D eigenvalue weighted by molar-refractivity contribution is 0.482. The Bertz CT molecular complexity index is 220. The Morgan fingerprint density at radius 1 is 1.06 bits per heavy atom. The van der Waals surface area contributed by atoms with Gasteiger partial charge in [-0.1, -0.05) is 64.0 Å². The predicted octanol–water partition coefficient (Wildman–Crippen LogP) is 5.22. The van der Waals surface area contributed by atoms with Gasteiger partial charge in [0.25, 0.3) is 0 Å². The molecule has 0 aromatic carbocycles. The molecular weight excluding hydrogens is 218 g/mol. The highest BCUT2D eigenvalue weighted by atomic mass is 14.9. The van der Waals surface area contributed by atoms with Crippen molar-refractivity contribution < 1.29 is 0 Å². The summed E-state index contributed by atoms with van der Waals surface area (Å²) in [6.07, 6.45) is 17.8. The van der Waals surface area contributed by atoms with Gasteiger partial charge in [-0.05, 0) is 38.6 Å². The van der Waals surface area contributed by atoms with Crippen LogP contribution in [0.2, 0.25) is 0 Å². The summed E-state index contributed by atoms with van der Waals surface area (Å²) in [6, 6.07) is 0.682. The van der Waals surface area contributed by atoms with Crippen LogP contribution in [0.1, 0.15) is 84.5 Å². The Labute approximate surface area is 114 Å². The molecular formula is C17H33N. The molecule has 1 unspecified atom stereocenters. The Morgan fingerprint density at radius 2 is 1.83 bits per heavy atom. The second kappa shape index (κ2) is 10.6. The average molecular weight is 251 g/mol. The highest BCUT2D eigenvalue weighted by Gasteiger charge is 2.14. The van der Waals surface area contributed by atoms with E-state index < -0.39 is 0 Å². The van der Waals surface area contributed by atoms with Crippen molar-refractivity contribution >= 4 is 0 Å². The third-order valence-corrected chi connectivity index (χ3v) is 4.07. The minimum atomic E-state index is 0.682. The molecule has 0 fully saturated rings. The predicted molar refractivity (Wildman–Crippen MR) is 82.0 cm³/mol. The summed E-state index contributed by atoms with van der Waals surface area (Å²) in [7, 11) is 0. The Kier molecular flexibility index (Phi) is 9.28. The minimum absolute atomic E-state index is 0.682. The Hall–Kier alpha value is -0.300. The molecule has 1 aliphatic rings. The first-order valence-corrected chi connectivity index (χ1v) is 8.30. The minimum Gasteiger partial charge on any atom is -0.311 e. The van der Waals surface area contributed by atoms with E-state index in [1.54, 1.807) is 5.57 Å². The van der Waals surface area contributed by atoms with Gasteiger partial charge in [-0.2, -0.15) is 0 Å². The van der Waals surface area contributed by atoms with Crippen LogP contribution in [0.25, 0.3) is 0 Å². The van der Waals surface area contributed by atoms with Crippen LogP contribution in [0.5, 0.6) is 0 Å². The van der Waals surface area contributed by atoms with Gasteiger partial charge in [-0.15, -0.1) is 0 Å². The molecule has 0 saturated carbocycles. The van der Waals surface area contributed by atoms with E-state index in [4.69, 9.17) is 0 Å². The highest BCUT2D eigenvalue weighted by Crippen LogP contribution is 2.23. The molecule has 106 valence electrons. The molecule has 1 N–H and O–H groups in total. The molecule has 0 radical (unpaired) electrons. The zero-order valence-corrected chi connectivity index (χ0v) is 12.6. The van der Waals surface area contributed by atoms with E-state index in [1.807, 2.05) is 0 Å². The van der Waals surface area contributed by atoms with Crippen molar-refractivity contribution in [1.29, 1.82) is 0 Å². The number of hydrogen-bond acceptors (Lipinski definition) is 1. The van der Waals surface area contributed by atoms with E-state index in [2.05, 4.69) is 25.2 Å². The van der Waals surface area contributed by atoms with E-state index in [0.717, 1.165) is 6.54 Å². The monoisotopic (exact) mass is 251 g/mol. The fourth-order valence-electron chi connectivity index (χ4n) is 2.97. The van der Waals surface area contributed by atoms with Crippen molar-refractivity contribution in [2.75, 3.05) is 6.54 Å². The maximum absolute atomic E-state index is 3.69. The molecule has 1 heteroatoms. The summed E-state index contributed by atoms with van der Waals surface area (Å²) in [5.74, 6) is 0. The van der Waals surface area contributed by atoms with E-state index >= 15 is 0 Å². The zero-order valence-electron chi connectivity index (χ0n) is 12.6. The fourth-order valence-corrected chi connectivity index (χ4v) is 2.97. The lowest BCUT2D eigenvalue weighted by Gasteiger charge is -2.24. The van der Waals surface area contributed by atoms with Gasteiger partial charge in [0.05, 0.1) is 0 Å². The van der Waals surface area contributed by atoms with Crippen molar-refractivity contribution in [2.24, 2.45) is 0 Å². The lowest BCUT2D eigenvalue weighted by Crippen LogP contribution is -2.31. The van der Waals surface area contributed by atoms with E-state index in [-0.39, 0.29) is 0 Å². The molecule has 0 aliphatic heterocycles. The summed E-state index contributed by atoms with van der Waals surface area (Å²) in [5, 5.41) is 3.69. The van der Waals surface area contributed by atoms with Gasteiger partial charge in [0, 0.05) is 6.04 Å². The molecule has 1 nitrogen and oxygen atoms in total. The first kappa shape index (κ1) is 15.8. The number of nitrogens with one attached hydrogen (secondary N) is 1. The molecule has 0 heterocycles. The normalized spacial score (nSPS) is 17.6. The molecule has 1 atom stereocenters. The first-order valence-electron chi connectivity index (χ1n) is 8.30. The highest BCUT2D eigenvalue weighted by molar-refractivity contribution is 5.13. The fraction of sp³-hybridized carbons (Fsp3) is 0.882. The van der Waals surface area contributed by atoms with E-state index in [0.29, 0.717) is 6.04 Å². The van der Waals surface area contributed by atoms with Gasteiger partial charge in [-0.3, -0.25) is 0 Å². The number of hydrogen-bond donors (Lipinski definition) is 1. The second-order valence-corrected chi connectivity index (χ2v) is 5.69. The summed E-state index contributed by atoms with van der Waals surface area (Å²) >= 11 is 0. The van der Waals surface area contributed by atoms with Crippen LogP contribution in [0.4, 0.5) is 0 Å². The van der Waals surface area contributed by atoms with Crippen LogP contribution in [-0.2, 0) is 0 Å². The molecule has 0 saturated heterocycles. The van der Waals surface area contributed by atoms with E-state index in [1.165, 1.54) is 70.6 Å². The zero-order chi connectivity index (χ0) is 13.1. The van der Waals surface area contributed by atoms with Gasteiger partial charge in [0.1, 0.15) is 0 Å². The van der Waals surface area contributed by atoms with Crippen LogP contribution in [0, 0.1) is 0 Å². The Morgan fingerprint density at radius 3 is 2.50 bits per heavy atom. The van der Waals surface area contributed by atoms with Gasteiger partial charge >= 0.3 is 0 Å². The maximum atomic E-state index is 3.69.